The predicted molar refractivity (Wildman–Crippen MR) is 108 cm³/mol. The standard InChI is InChI=1S/C22H26N4O3/c1-3-29-20-7-5-4-6-18(20)22(28)26-11-9-19-17(14-26)12-23-21(24-19)16-8-10-25(13-16)15(2)27/h4-7,12,16H,3,8-11,13-14H2,1-2H3/t16-/m1/s1. The van der Waals surface area contributed by atoms with Crippen molar-refractivity contribution in [3.8, 4) is 5.75 Å². The van der Waals surface area contributed by atoms with Crippen molar-refractivity contribution in [3.05, 3.63) is 53.1 Å². The third-order valence-corrected chi connectivity index (χ3v) is 5.66. The largest absolute Gasteiger partial charge is 0.493 e. The molecule has 0 aliphatic carbocycles. The smallest absolute Gasteiger partial charge is 0.257 e. The number of aromatic nitrogens is 2. The molecule has 1 aromatic heterocycles. The fourth-order valence-corrected chi connectivity index (χ4v) is 4.05. The van der Waals surface area contributed by atoms with Gasteiger partial charge in [-0.1, -0.05) is 12.1 Å². The number of benzene rings is 1. The molecule has 2 amide bonds. The Balaban J connectivity index is 1.48. The molecule has 0 radical (unpaired) electrons. The van der Waals surface area contributed by atoms with Crippen LogP contribution in [0.4, 0.5) is 0 Å². The Kier molecular flexibility index (Phi) is 5.47. The molecular formula is C22H26N4O3. The Hall–Kier alpha value is -2.96. The van der Waals surface area contributed by atoms with Crippen LogP contribution in [0.3, 0.4) is 0 Å². The topological polar surface area (TPSA) is 75.6 Å². The molecule has 2 aromatic rings. The summed E-state index contributed by atoms with van der Waals surface area (Å²) in [4.78, 5) is 37.7. The van der Waals surface area contributed by atoms with Gasteiger partial charge in [-0.15, -0.1) is 0 Å². The molecule has 2 aliphatic heterocycles. The molecule has 3 heterocycles. The molecule has 0 N–H and O–H groups in total. The van der Waals surface area contributed by atoms with Gasteiger partial charge in [0.2, 0.25) is 5.91 Å². The molecule has 1 atom stereocenters. The first-order valence-corrected chi connectivity index (χ1v) is 10.2. The SMILES string of the molecule is CCOc1ccccc1C(=O)N1CCc2nc([C@@H]3CCN(C(C)=O)C3)ncc2C1. The van der Waals surface area contributed by atoms with E-state index in [9.17, 15) is 9.59 Å². The number of likely N-dealkylation sites (tertiary alicyclic amines) is 1. The van der Waals surface area contributed by atoms with Gasteiger partial charge in [-0.3, -0.25) is 9.59 Å². The Bertz CT molecular complexity index is 930. The van der Waals surface area contributed by atoms with E-state index in [1.807, 2.05) is 47.2 Å². The van der Waals surface area contributed by atoms with Gasteiger partial charge < -0.3 is 14.5 Å². The number of rotatable bonds is 4. The predicted octanol–water partition coefficient (Wildman–Crippen LogP) is 2.41. The second-order valence-electron chi connectivity index (χ2n) is 7.56. The summed E-state index contributed by atoms with van der Waals surface area (Å²) < 4.78 is 5.62. The zero-order valence-corrected chi connectivity index (χ0v) is 16.9. The minimum absolute atomic E-state index is 0.0309. The minimum Gasteiger partial charge on any atom is -0.493 e. The third kappa shape index (κ3) is 3.95. The number of ether oxygens (including phenoxy) is 1. The van der Waals surface area contributed by atoms with Crippen LogP contribution >= 0.6 is 0 Å². The van der Waals surface area contributed by atoms with Crippen molar-refractivity contribution in [1.29, 1.82) is 0 Å². The van der Waals surface area contributed by atoms with E-state index >= 15 is 0 Å². The second kappa shape index (κ2) is 8.19. The average Bonchev–Trinajstić information content (AvgIpc) is 3.24. The number of fused-ring (bicyclic) bond motifs is 1. The molecule has 7 nitrogen and oxygen atoms in total. The van der Waals surface area contributed by atoms with E-state index in [4.69, 9.17) is 9.72 Å². The molecule has 0 unspecified atom stereocenters. The maximum absolute atomic E-state index is 13.0. The van der Waals surface area contributed by atoms with Gasteiger partial charge in [-0.05, 0) is 25.5 Å². The zero-order valence-electron chi connectivity index (χ0n) is 16.9. The van der Waals surface area contributed by atoms with Gasteiger partial charge in [0.25, 0.3) is 5.91 Å². The maximum Gasteiger partial charge on any atom is 0.257 e. The molecule has 4 rings (SSSR count). The van der Waals surface area contributed by atoms with Crippen LogP contribution < -0.4 is 4.74 Å². The van der Waals surface area contributed by atoms with E-state index in [-0.39, 0.29) is 17.7 Å². The maximum atomic E-state index is 13.0. The van der Waals surface area contributed by atoms with Crippen molar-refractivity contribution >= 4 is 11.8 Å². The summed E-state index contributed by atoms with van der Waals surface area (Å²) >= 11 is 0. The van der Waals surface area contributed by atoms with E-state index in [1.165, 1.54) is 0 Å². The van der Waals surface area contributed by atoms with Crippen molar-refractivity contribution in [2.24, 2.45) is 0 Å². The van der Waals surface area contributed by atoms with Crippen LogP contribution in [0.5, 0.6) is 5.75 Å². The highest BCUT2D eigenvalue weighted by atomic mass is 16.5. The quantitative estimate of drug-likeness (QED) is 0.796. The highest BCUT2D eigenvalue weighted by molar-refractivity contribution is 5.97. The van der Waals surface area contributed by atoms with E-state index in [2.05, 4.69) is 4.98 Å². The highest BCUT2D eigenvalue weighted by Gasteiger charge is 2.30. The number of nitrogens with zero attached hydrogens (tertiary/aromatic N) is 4. The van der Waals surface area contributed by atoms with Crippen LogP contribution in [0.25, 0.3) is 0 Å². The van der Waals surface area contributed by atoms with Crippen molar-refractivity contribution < 1.29 is 14.3 Å². The van der Waals surface area contributed by atoms with Crippen molar-refractivity contribution in [2.75, 3.05) is 26.2 Å². The van der Waals surface area contributed by atoms with Crippen LogP contribution in [-0.2, 0) is 17.8 Å². The normalized spacial score (nSPS) is 18.5. The lowest BCUT2D eigenvalue weighted by atomic mass is 10.0. The first-order chi connectivity index (χ1) is 14.1. The van der Waals surface area contributed by atoms with Gasteiger partial charge >= 0.3 is 0 Å². The first-order valence-electron chi connectivity index (χ1n) is 10.2. The van der Waals surface area contributed by atoms with Crippen LogP contribution in [0.2, 0.25) is 0 Å². The molecule has 152 valence electrons. The number of para-hydroxylation sites is 1. The number of amides is 2. The first kappa shape index (κ1) is 19.4. The van der Waals surface area contributed by atoms with Gasteiger partial charge in [0.15, 0.2) is 0 Å². The van der Waals surface area contributed by atoms with Crippen molar-refractivity contribution in [2.45, 2.75) is 39.2 Å². The fourth-order valence-electron chi connectivity index (χ4n) is 4.05. The summed E-state index contributed by atoms with van der Waals surface area (Å²) in [6.07, 6.45) is 3.45. The Morgan fingerprint density at radius 1 is 1.21 bits per heavy atom. The summed E-state index contributed by atoms with van der Waals surface area (Å²) in [5, 5.41) is 0. The lowest BCUT2D eigenvalue weighted by Gasteiger charge is -2.29. The summed E-state index contributed by atoms with van der Waals surface area (Å²) in [5.74, 6) is 1.70. The molecule has 2 aliphatic rings. The van der Waals surface area contributed by atoms with Crippen molar-refractivity contribution in [1.82, 2.24) is 19.8 Å². The van der Waals surface area contributed by atoms with Crippen LogP contribution in [0.15, 0.2) is 30.5 Å². The third-order valence-electron chi connectivity index (χ3n) is 5.66. The molecule has 1 fully saturated rings. The van der Waals surface area contributed by atoms with E-state index < -0.39 is 0 Å². The molecule has 0 spiro atoms. The van der Waals surface area contributed by atoms with E-state index in [1.54, 1.807) is 6.92 Å². The van der Waals surface area contributed by atoms with E-state index in [0.717, 1.165) is 30.0 Å². The lowest BCUT2D eigenvalue weighted by Crippen LogP contribution is -2.37. The molecule has 7 heteroatoms. The number of hydrogen-bond donors (Lipinski definition) is 0. The number of carbonyl (C=O) groups is 2. The Morgan fingerprint density at radius 2 is 2.03 bits per heavy atom. The van der Waals surface area contributed by atoms with Gasteiger partial charge in [-0.2, -0.15) is 0 Å². The minimum atomic E-state index is -0.0309. The summed E-state index contributed by atoms with van der Waals surface area (Å²) in [6, 6.07) is 7.37. The van der Waals surface area contributed by atoms with Gasteiger partial charge in [0, 0.05) is 57.2 Å². The summed E-state index contributed by atoms with van der Waals surface area (Å²) in [5.41, 5.74) is 2.59. The van der Waals surface area contributed by atoms with Crippen molar-refractivity contribution in [3.63, 3.8) is 0 Å². The number of hydrogen-bond acceptors (Lipinski definition) is 5. The van der Waals surface area contributed by atoms with E-state index in [0.29, 0.717) is 44.0 Å². The molecule has 1 saturated heterocycles. The van der Waals surface area contributed by atoms with Crippen LogP contribution in [0, 0.1) is 0 Å². The Morgan fingerprint density at radius 3 is 2.79 bits per heavy atom. The number of carbonyl (C=O) groups excluding carboxylic acids is 2. The molecule has 0 bridgehead atoms. The van der Waals surface area contributed by atoms with Gasteiger partial charge in [-0.25, -0.2) is 9.97 Å². The van der Waals surface area contributed by atoms with Gasteiger partial charge in [0.1, 0.15) is 11.6 Å². The summed E-state index contributed by atoms with van der Waals surface area (Å²) in [7, 11) is 0. The monoisotopic (exact) mass is 394 g/mol. The van der Waals surface area contributed by atoms with Crippen LogP contribution in [-0.4, -0.2) is 57.8 Å². The molecule has 29 heavy (non-hydrogen) atoms. The lowest BCUT2D eigenvalue weighted by molar-refractivity contribution is -0.127. The molecule has 1 aromatic carbocycles. The summed E-state index contributed by atoms with van der Waals surface area (Å²) in [6.45, 7) is 6.60. The second-order valence-corrected chi connectivity index (χ2v) is 7.56. The Labute approximate surface area is 170 Å². The highest BCUT2D eigenvalue weighted by Crippen LogP contribution is 2.28. The van der Waals surface area contributed by atoms with Crippen LogP contribution in [0.1, 0.15) is 53.6 Å². The molecular weight excluding hydrogens is 368 g/mol. The average molecular weight is 394 g/mol. The van der Waals surface area contributed by atoms with Gasteiger partial charge in [0.05, 0.1) is 17.9 Å². The zero-order chi connectivity index (χ0) is 20.4. The molecule has 0 saturated carbocycles. The fraction of sp³-hybridized carbons (Fsp3) is 0.455.